The molecule has 0 spiro atoms. The number of methoxy groups -OCH3 is 1. The van der Waals surface area contributed by atoms with E-state index in [1.807, 2.05) is 12.4 Å². The van der Waals surface area contributed by atoms with Crippen LogP contribution >= 0.6 is 0 Å². The molecule has 4 nitrogen and oxygen atoms in total. The van der Waals surface area contributed by atoms with Crippen LogP contribution in [-0.2, 0) is 11.3 Å². The van der Waals surface area contributed by atoms with Crippen LogP contribution in [0.1, 0.15) is 46.0 Å². The number of hydrogen-bond acceptors (Lipinski definition) is 3. The molecule has 1 aliphatic rings. The fourth-order valence-electron chi connectivity index (χ4n) is 2.93. The van der Waals surface area contributed by atoms with E-state index < -0.39 is 0 Å². The summed E-state index contributed by atoms with van der Waals surface area (Å²) in [6, 6.07) is 0.532. The Hall–Kier alpha value is -1.03. The van der Waals surface area contributed by atoms with Crippen LogP contribution in [0, 0.1) is 5.41 Å². The third-order valence-electron chi connectivity index (χ3n) is 4.27. The van der Waals surface area contributed by atoms with Gasteiger partial charge in [-0.1, -0.05) is 26.7 Å². The summed E-state index contributed by atoms with van der Waals surface area (Å²) in [5.74, 6) is 1.01. The van der Waals surface area contributed by atoms with Gasteiger partial charge in [0.05, 0.1) is 0 Å². The van der Waals surface area contributed by atoms with Crippen molar-refractivity contribution in [3.8, 4) is 0 Å². The van der Waals surface area contributed by atoms with Crippen molar-refractivity contribution >= 4 is 5.95 Å². The number of anilines is 1. The number of nitrogens with one attached hydrogen (secondary N) is 1. The van der Waals surface area contributed by atoms with E-state index in [4.69, 9.17) is 4.74 Å². The van der Waals surface area contributed by atoms with Gasteiger partial charge in [-0.3, -0.25) is 0 Å². The second-order valence-corrected chi connectivity index (χ2v) is 6.22. The molecule has 1 unspecified atom stereocenters. The summed E-state index contributed by atoms with van der Waals surface area (Å²) in [6.07, 6.45) is 10.2. The SMILES string of the molecule is COCCCn1ccnc1NC1CCCCC1(C)C. The molecule has 0 amide bonds. The van der Waals surface area contributed by atoms with E-state index in [1.54, 1.807) is 7.11 Å². The molecular formula is C15H27N3O. The van der Waals surface area contributed by atoms with E-state index in [0.717, 1.165) is 25.5 Å². The minimum absolute atomic E-state index is 0.363. The number of aryl methyl sites for hydroxylation is 1. The Bertz CT molecular complexity index is 386. The molecule has 0 saturated heterocycles. The molecule has 1 saturated carbocycles. The Kier molecular flexibility index (Phi) is 4.86. The van der Waals surface area contributed by atoms with Gasteiger partial charge in [-0.25, -0.2) is 4.98 Å². The lowest BCUT2D eigenvalue weighted by Gasteiger charge is -2.39. The molecule has 1 aliphatic carbocycles. The molecule has 4 heteroatoms. The van der Waals surface area contributed by atoms with Crippen molar-refractivity contribution in [3.63, 3.8) is 0 Å². The second kappa shape index (κ2) is 6.42. The monoisotopic (exact) mass is 265 g/mol. The zero-order valence-electron chi connectivity index (χ0n) is 12.5. The largest absolute Gasteiger partial charge is 0.385 e. The van der Waals surface area contributed by atoms with Gasteiger partial charge in [0.25, 0.3) is 0 Å². The highest BCUT2D eigenvalue weighted by Crippen LogP contribution is 2.36. The average Bonchev–Trinajstić information content (AvgIpc) is 2.80. The molecule has 0 aliphatic heterocycles. The van der Waals surface area contributed by atoms with Crippen molar-refractivity contribution in [1.82, 2.24) is 9.55 Å². The van der Waals surface area contributed by atoms with Crippen LogP contribution in [0.5, 0.6) is 0 Å². The molecule has 1 heterocycles. The smallest absolute Gasteiger partial charge is 0.203 e. The maximum absolute atomic E-state index is 5.11. The molecule has 0 bridgehead atoms. The van der Waals surface area contributed by atoms with E-state index >= 15 is 0 Å². The van der Waals surface area contributed by atoms with Gasteiger partial charge >= 0.3 is 0 Å². The summed E-state index contributed by atoms with van der Waals surface area (Å²) in [6.45, 7) is 6.49. The van der Waals surface area contributed by atoms with Gasteiger partial charge < -0.3 is 14.6 Å². The van der Waals surface area contributed by atoms with Gasteiger partial charge in [0, 0.05) is 38.7 Å². The van der Waals surface area contributed by atoms with Crippen molar-refractivity contribution < 1.29 is 4.74 Å². The fourth-order valence-corrected chi connectivity index (χ4v) is 2.93. The normalized spacial score (nSPS) is 22.4. The number of ether oxygens (including phenoxy) is 1. The Morgan fingerprint density at radius 3 is 3.05 bits per heavy atom. The Morgan fingerprint density at radius 2 is 2.32 bits per heavy atom. The predicted octanol–water partition coefficient (Wildman–Crippen LogP) is 3.30. The lowest BCUT2D eigenvalue weighted by molar-refractivity contribution is 0.190. The van der Waals surface area contributed by atoms with E-state index in [2.05, 4.69) is 28.7 Å². The summed E-state index contributed by atoms with van der Waals surface area (Å²) >= 11 is 0. The third kappa shape index (κ3) is 3.72. The van der Waals surface area contributed by atoms with Crippen molar-refractivity contribution in [3.05, 3.63) is 12.4 Å². The van der Waals surface area contributed by atoms with Crippen LogP contribution < -0.4 is 5.32 Å². The highest BCUT2D eigenvalue weighted by Gasteiger charge is 2.32. The predicted molar refractivity (Wildman–Crippen MR) is 78.4 cm³/mol. The summed E-state index contributed by atoms with van der Waals surface area (Å²) in [4.78, 5) is 4.47. The maximum Gasteiger partial charge on any atom is 0.203 e. The highest BCUT2D eigenvalue weighted by atomic mass is 16.5. The molecule has 1 aromatic heterocycles. The van der Waals surface area contributed by atoms with Crippen LogP contribution in [0.25, 0.3) is 0 Å². The third-order valence-corrected chi connectivity index (χ3v) is 4.27. The van der Waals surface area contributed by atoms with Crippen molar-refractivity contribution in [2.45, 2.75) is 58.5 Å². The first-order valence-corrected chi connectivity index (χ1v) is 7.40. The van der Waals surface area contributed by atoms with Crippen LogP contribution in [0.3, 0.4) is 0 Å². The molecule has 1 atom stereocenters. The first-order valence-electron chi connectivity index (χ1n) is 7.40. The number of nitrogens with zero attached hydrogens (tertiary/aromatic N) is 2. The number of rotatable bonds is 6. The summed E-state index contributed by atoms with van der Waals surface area (Å²) in [5, 5.41) is 3.66. The van der Waals surface area contributed by atoms with E-state index in [9.17, 15) is 0 Å². The Labute approximate surface area is 116 Å². The van der Waals surface area contributed by atoms with Crippen molar-refractivity contribution in [2.24, 2.45) is 5.41 Å². The van der Waals surface area contributed by atoms with E-state index in [1.165, 1.54) is 25.7 Å². The van der Waals surface area contributed by atoms with Gasteiger partial charge in [-0.2, -0.15) is 0 Å². The van der Waals surface area contributed by atoms with Gasteiger partial charge in [0.2, 0.25) is 5.95 Å². The maximum atomic E-state index is 5.11. The first kappa shape index (κ1) is 14.4. The first-order chi connectivity index (χ1) is 9.13. The highest BCUT2D eigenvalue weighted by molar-refractivity contribution is 5.29. The molecule has 0 radical (unpaired) electrons. The molecule has 1 fully saturated rings. The van der Waals surface area contributed by atoms with Crippen LogP contribution in [0.4, 0.5) is 5.95 Å². The van der Waals surface area contributed by atoms with Gasteiger partial charge in [0.1, 0.15) is 0 Å². The lowest BCUT2D eigenvalue weighted by Crippen LogP contribution is -2.39. The Balaban J connectivity index is 1.96. The minimum Gasteiger partial charge on any atom is -0.385 e. The summed E-state index contributed by atoms with van der Waals surface area (Å²) in [5.41, 5.74) is 0.363. The van der Waals surface area contributed by atoms with Gasteiger partial charge in [-0.05, 0) is 24.7 Å². The van der Waals surface area contributed by atoms with Gasteiger partial charge in [-0.15, -0.1) is 0 Å². The van der Waals surface area contributed by atoms with Crippen molar-refractivity contribution in [2.75, 3.05) is 19.0 Å². The molecule has 1 N–H and O–H groups in total. The fraction of sp³-hybridized carbons (Fsp3) is 0.800. The van der Waals surface area contributed by atoms with Crippen molar-refractivity contribution in [1.29, 1.82) is 0 Å². The molecule has 19 heavy (non-hydrogen) atoms. The lowest BCUT2D eigenvalue weighted by atomic mass is 9.73. The standard InChI is InChI=1S/C15H27N3O/c1-15(2)8-5-4-7-13(15)17-14-16-9-11-18(14)10-6-12-19-3/h9,11,13H,4-8,10,12H2,1-3H3,(H,16,17). The zero-order valence-corrected chi connectivity index (χ0v) is 12.5. The molecule has 108 valence electrons. The van der Waals surface area contributed by atoms with E-state index in [0.29, 0.717) is 11.5 Å². The van der Waals surface area contributed by atoms with E-state index in [-0.39, 0.29) is 0 Å². The summed E-state index contributed by atoms with van der Waals surface area (Å²) in [7, 11) is 1.75. The van der Waals surface area contributed by atoms with Crippen LogP contribution in [0.15, 0.2) is 12.4 Å². The van der Waals surface area contributed by atoms with Crippen LogP contribution in [0.2, 0.25) is 0 Å². The molecular weight excluding hydrogens is 238 g/mol. The number of hydrogen-bond donors (Lipinski definition) is 1. The Morgan fingerprint density at radius 1 is 1.47 bits per heavy atom. The van der Waals surface area contributed by atoms with Gasteiger partial charge in [0.15, 0.2) is 0 Å². The quantitative estimate of drug-likeness (QED) is 0.802. The topological polar surface area (TPSA) is 39.1 Å². The zero-order chi connectivity index (χ0) is 13.7. The van der Waals surface area contributed by atoms with Crippen LogP contribution in [-0.4, -0.2) is 29.3 Å². The minimum atomic E-state index is 0.363. The second-order valence-electron chi connectivity index (χ2n) is 6.22. The summed E-state index contributed by atoms with van der Waals surface area (Å²) < 4.78 is 7.31. The number of aromatic nitrogens is 2. The molecule has 2 rings (SSSR count). The molecule has 0 aromatic carbocycles. The number of imidazole rings is 1. The average molecular weight is 265 g/mol. The molecule has 1 aromatic rings.